The third-order valence-corrected chi connectivity index (χ3v) is 4.82. The molecule has 6 nitrogen and oxygen atoms in total. The molecule has 3 aromatic rings. The van der Waals surface area contributed by atoms with Gasteiger partial charge in [0.05, 0.1) is 23.4 Å². The van der Waals surface area contributed by atoms with Crippen LogP contribution < -0.4 is 10.7 Å². The number of carbonyl (C=O) groups excluding carboxylic acids is 2. The SMILES string of the molecule is COC(=O)c1c(SCC(=O)Nc2ccc(F)c(F)c2)[nH]c2ccccc2c1=O. The highest BCUT2D eigenvalue weighted by molar-refractivity contribution is 8.00. The Labute approximate surface area is 161 Å². The number of aromatic amines is 1. The summed E-state index contributed by atoms with van der Waals surface area (Å²) in [6.45, 7) is 0. The molecule has 0 spiro atoms. The number of anilines is 1. The summed E-state index contributed by atoms with van der Waals surface area (Å²) in [5.41, 5.74) is -0.120. The van der Waals surface area contributed by atoms with E-state index in [1.54, 1.807) is 24.3 Å². The van der Waals surface area contributed by atoms with Crippen LogP contribution in [0, 0.1) is 11.6 Å². The molecule has 144 valence electrons. The van der Waals surface area contributed by atoms with Crippen molar-refractivity contribution >= 4 is 40.2 Å². The van der Waals surface area contributed by atoms with E-state index in [-0.39, 0.29) is 22.0 Å². The number of benzene rings is 2. The van der Waals surface area contributed by atoms with Crippen molar-refractivity contribution in [3.8, 4) is 0 Å². The Morgan fingerprint density at radius 2 is 1.89 bits per heavy atom. The number of hydrogen-bond donors (Lipinski definition) is 2. The van der Waals surface area contributed by atoms with Crippen LogP contribution in [-0.2, 0) is 9.53 Å². The first-order valence-electron chi connectivity index (χ1n) is 8.01. The summed E-state index contributed by atoms with van der Waals surface area (Å²) in [6, 6.07) is 9.61. The van der Waals surface area contributed by atoms with Gasteiger partial charge in [-0.25, -0.2) is 13.6 Å². The summed E-state index contributed by atoms with van der Waals surface area (Å²) in [7, 11) is 1.15. The van der Waals surface area contributed by atoms with Gasteiger partial charge in [-0.1, -0.05) is 23.9 Å². The molecule has 1 aromatic heterocycles. The zero-order chi connectivity index (χ0) is 20.3. The molecule has 2 N–H and O–H groups in total. The van der Waals surface area contributed by atoms with Crippen LogP contribution in [0.5, 0.6) is 0 Å². The van der Waals surface area contributed by atoms with E-state index in [2.05, 4.69) is 15.0 Å². The lowest BCUT2D eigenvalue weighted by atomic mass is 10.1. The first kappa shape index (κ1) is 19.6. The second-order valence-electron chi connectivity index (χ2n) is 5.66. The van der Waals surface area contributed by atoms with Gasteiger partial charge in [0, 0.05) is 17.1 Å². The third kappa shape index (κ3) is 4.04. The number of nitrogens with one attached hydrogen (secondary N) is 2. The number of rotatable bonds is 5. The van der Waals surface area contributed by atoms with Crippen LogP contribution in [0.2, 0.25) is 0 Å². The normalized spacial score (nSPS) is 10.7. The molecule has 3 rings (SSSR count). The topological polar surface area (TPSA) is 88.3 Å². The Hall–Kier alpha value is -3.20. The monoisotopic (exact) mass is 404 g/mol. The maximum Gasteiger partial charge on any atom is 0.344 e. The number of esters is 1. The molecule has 0 saturated carbocycles. The molecule has 1 heterocycles. The summed E-state index contributed by atoms with van der Waals surface area (Å²) >= 11 is 0.918. The predicted molar refractivity (Wildman–Crippen MR) is 102 cm³/mol. The fraction of sp³-hybridized carbons (Fsp3) is 0.105. The zero-order valence-corrected chi connectivity index (χ0v) is 15.4. The van der Waals surface area contributed by atoms with Crippen molar-refractivity contribution in [1.82, 2.24) is 4.98 Å². The van der Waals surface area contributed by atoms with Gasteiger partial charge < -0.3 is 15.0 Å². The predicted octanol–water partition coefficient (Wildman–Crippen LogP) is 3.32. The van der Waals surface area contributed by atoms with E-state index >= 15 is 0 Å². The number of para-hydroxylation sites is 1. The average Bonchev–Trinajstić information content (AvgIpc) is 2.69. The van der Waals surface area contributed by atoms with Gasteiger partial charge in [0.15, 0.2) is 11.6 Å². The van der Waals surface area contributed by atoms with Crippen LogP contribution in [0.15, 0.2) is 52.3 Å². The fourth-order valence-electron chi connectivity index (χ4n) is 2.52. The largest absolute Gasteiger partial charge is 0.465 e. The van der Waals surface area contributed by atoms with Crippen LogP contribution in [0.4, 0.5) is 14.5 Å². The van der Waals surface area contributed by atoms with Crippen LogP contribution in [0.1, 0.15) is 10.4 Å². The van der Waals surface area contributed by atoms with Crippen molar-refractivity contribution in [3.63, 3.8) is 0 Å². The van der Waals surface area contributed by atoms with Gasteiger partial charge in [0.1, 0.15) is 5.56 Å². The van der Waals surface area contributed by atoms with E-state index in [1.807, 2.05) is 0 Å². The number of amides is 1. The number of fused-ring (bicyclic) bond motifs is 1. The first-order valence-corrected chi connectivity index (χ1v) is 9.00. The van der Waals surface area contributed by atoms with Gasteiger partial charge in [-0.05, 0) is 24.3 Å². The second-order valence-corrected chi connectivity index (χ2v) is 6.65. The number of hydrogen-bond acceptors (Lipinski definition) is 5. The zero-order valence-electron chi connectivity index (χ0n) is 14.5. The lowest BCUT2D eigenvalue weighted by Gasteiger charge is -2.10. The van der Waals surface area contributed by atoms with Gasteiger partial charge >= 0.3 is 5.97 Å². The van der Waals surface area contributed by atoms with Gasteiger partial charge in [-0.3, -0.25) is 9.59 Å². The van der Waals surface area contributed by atoms with Crippen LogP contribution in [0.3, 0.4) is 0 Å². The summed E-state index contributed by atoms with van der Waals surface area (Å²) < 4.78 is 30.9. The summed E-state index contributed by atoms with van der Waals surface area (Å²) in [6.07, 6.45) is 0. The molecule has 0 bridgehead atoms. The Morgan fingerprint density at radius 1 is 1.14 bits per heavy atom. The number of pyridine rings is 1. The van der Waals surface area contributed by atoms with E-state index in [0.29, 0.717) is 10.9 Å². The lowest BCUT2D eigenvalue weighted by molar-refractivity contribution is -0.113. The number of thioether (sulfide) groups is 1. The van der Waals surface area contributed by atoms with E-state index in [0.717, 1.165) is 31.0 Å². The van der Waals surface area contributed by atoms with Crippen molar-refractivity contribution in [2.24, 2.45) is 0 Å². The molecular formula is C19H14F2N2O4S. The van der Waals surface area contributed by atoms with E-state index in [1.165, 1.54) is 6.07 Å². The quantitative estimate of drug-likeness (QED) is 0.503. The number of ether oxygens (including phenoxy) is 1. The molecule has 0 aliphatic heterocycles. The molecule has 0 saturated heterocycles. The highest BCUT2D eigenvalue weighted by atomic mass is 32.2. The smallest absolute Gasteiger partial charge is 0.344 e. The Balaban J connectivity index is 1.84. The van der Waals surface area contributed by atoms with Crippen molar-refractivity contribution in [2.45, 2.75) is 5.03 Å². The molecule has 0 aliphatic carbocycles. The number of aromatic nitrogens is 1. The van der Waals surface area contributed by atoms with Gasteiger partial charge in [0.25, 0.3) is 0 Å². The molecule has 0 atom stereocenters. The first-order chi connectivity index (χ1) is 13.4. The molecule has 9 heteroatoms. The number of halogens is 2. The van der Waals surface area contributed by atoms with Crippen molar-refractivity contribution in [3.05, 3.63) is 69.9 Å². The van der Waals surface area contributed by atoms with Crippen molar-refractivity contribution in [2.75, 3.05) is 18.2 Å². The van der Waals surface area contributed by atoms with Crippen LogP contribution in [-0.4, -0.2) is 29.7 Å². The third-order valence-electron chi connectivity index (χ3n) is 3.81. The molecule has 0 aliphatic rings. The van der Waals surface area contributed by atoms with Gasteiger partial charge in [-0.2, -0.15) is 0 Å². The summed E-state index contributed by atoms with van der Waals surface area (Å²) in [4.78, 5) is 39.8. The second kappa shape index (κ2) is 8.22. The molecule has 28 heavy (non-hydrogen) atoms. The molecule has 0 fully saturated rings. The van der Waals surface area contributed by atoms with E-state index < -0.39 is 28.9 Å². The maximum atomic E-state index is 13.2. The van der Waals surface area contributed by atoms with Crippen molar-refractivity contribution < 1.29 is 23.1 Å². The minimum Gasteiger partial charge on any atom is -0.465 e. The van der Waals surface area contributed by atoms with Crippen molar-refractivity contribution in [1.29, 1.82) is 0 Å². The Kier molecular flexibility index (Phi) is 5.74. The lowest BCUT2D eigenvalue weighted by Crippen LogP contribution is -2.20. The van der Waals surface area contributed by atoms with Crippen LogP contribution in [0.25, 0.3) is 10.9 Å². The maximum absolute atomic E-state index is 13.2. The molecule has 1 amide bonds. The average molecular weight is 404 g/mol. The minimum atomic E-state index is -1.09. The van der Waals surface area contributed by atoms with E-state index in [4.69, 9.17) is 0 Å². The number of carbonyl (C=O) groups is 2. The fourth-order valence-corrected chi connectivity index (χ4v) is 3.37. The minimum absolute atomic E-state index is 0.0877. The summed E-state index contributed by atoms with van der Waals surface area (Å²) in [5, 5.41) is 2.91. The number of methoxy groups -OCH3 is 1. The molecule has 0 radical (unpaired) electrons. The number of H-pyrrole nitrogens is 1. The molecule has 2 aromatic carbocycles. The standard InChI is InChI=1S/C19H14F2N2O4S/c1-27-19(26)16-17(25)11-4-2-3-5-14(11)23-18(16)28-9-15(24)22-10-6-7-12(20)13(21)8-10/h2-8H,9H2,1H3,(H,22,24)(H,23,25). The summed E-state index contributed by atoms with van der Waals surface area (Å²) in [5.74, 6) is -3.64. The van der Waals surface area contributed by atoms with Gasteiger partial charge in [-0.15, -0.1) is 0 Å². The van der Waals surface area contributed by atoms with Gasteiger partial charge in [0.2, 0.25) is 11.3 Å². The molecule has 0 unspecified atom stereocenters. The highest BCUT2D eigenvalue weighted by Crippen LogP contribution is 2.23. The van der Waals surface area contributed by atoms with E-state index in [9.17, 15) is 23.2 Å². The molecular weight excluding hydrogens is 390 g/mol. The Morgan fingerprint density at radius 3 is 2.61 bits per heavy atom. The highest BCUT2D eigenvalue weighted by Gasteiger charge is 2.20. The Bertz CT molecular complexity index is 1130. The van der Waals surface area contributed by atoms with Crippen LogP contribution >= 0.6 is 11.8 Å².